The highest BCUT2D eigenvalue weighted by Gasteiger charge is 1.93. The summed E-state index contributed by atoms with van der Waals surface area (Å²) in [5.41, 5.74) is 0. The van der Waals surface area contributed by atoms with Crippen LogP contribution in [0, 0.1) is 5.92 Å². The second-order valence-electron chi connectivity index (χ2n) is 3.71. The van der Waals surface area contributed by atoms with Crippen LogP contribution in [-0.4, -0.2) is 5.94 Å². The Morgan fingerprint density at radius 3 is 2.42 bits per heavy atom. The topological polar surface area (TPSA) is 17.1 Å². The second-order valence-corrected chi connectivity index (χ2v) is 3.71. The normalized spacial score (nSPS) is 9.92. The standard InChI is InChI=1S/C11H20O/c1-11(2)9-7-5-3-4-6-8-10-12/h8,11H,3-7,9H2,1-2H3. The van der Waals surface area contributed by atoms with E-state index in [0.29, 0.717) is 0 Å². The van der Waals surface area contributed by atoms with Crippen LogP contribution in [0.25, 0.3) is 0 Å². The van der Waals surface area contributed by atoms with Crippen LogP contribution in [-0.2, 0) is 4.79 Å². The number of hydrogen-bond acceptors (Lipinski definition) is 1. The van der Waals surface area contributed by atoms with Crippen molar-refractivity contribution >= 4 is 5.94 Å². The fraction of sp³-hybridized carbons (Fsp3) is 0.818. The monoisotopic (exact) mass is 168 g/mol. The zero-order valence-electron chi connectivity index (χ0n) is 8.31. The number of rotatable bonds is 7. The van der Waals surface area contributed by atoms with Gasteiger partial charge in [0, 0.05) is 0 Å². The van der Waals surface area contributed by atoms with E-state index in [0.717, 1.165) is 18.8 Å². The molecule has 0 bridgehead atoms. The molecule has 0 unspecified atom stereocenters. The molecule has 0 heterocycles. The third-order valence-corrected chi connectivity index (χ3v) is 1.96. The Kier molecular flexibility index (Phi) is 8.15. The lowest BCUT2D eigenvalue weighted by atomic mass is 10.0. The summed E-state index contributed by atoms with van der Waals surface area (Å²) in [4.78, 5) is 9.80. The Balaban J connectivity index is 2.95. The summed E-state index contributed by atoms with van der Waals surface area (Å²) >= 11 is 0. The van der Waals surface area contributed by atoms with E-state index >= 15 is 0 Å². The molecule has 0 radical (unpaired) electrons. The lowest BCUT2D eigenvalue weighted by Gasteiger charge is -2.02. The molecule has 0 saturated heterocycles. The third kappa shape index (κ3) is 9.45. The molecule has 1 nitrogen and oxygen atoms in total. The fourth-order valence-corrected chi connectivity index (χ4v) is 1.21. The number of unbranched alkanes of at least 4 members (excludes halogenated alkanes) is 4. The first-order chi connectivity index (χ1) is 5.77. The van der Waals surface area contributed by atoms with Gasteiger partial charge >= 0.3 is 0 Å². The van der Waals surface area contributed by atoms with Gasteiger partial charge in [-0.15, -0.1) is 0 Å². The van der Waals surface area contributed by atoms with Crippen molar-refractivity contribution < 1.29 is 4.79 Å². The second kappa shape index (κ2) is 8.55. The van der Waals surface area contributed by atoms with Crippen molar-refractivity contribution in [3.05, 3.63) is 6.08 Å². The van der Waals surface area contributed by atoms with E-state index in [1.54, 1.807) is 12.0 Å². The van der Waals surface area contributed by atoms with Crippen LogP contribution in [0.2, 0.25) is 0 Å². The predicted molar refractivity (Wildman–Crippen MR) is 52.8 cm³/mol. The van der Waals surface area contributed by atoms with Crippen molar-refractivity contribution in [1.82, 2.24) is 0 Å². The average molecular weight is 168 g/mol. The molecule has 0 spiro atoms. The SMILES string of the molecule is CC(C)CCCCCCC=C=O. The molecule has 0 fully saturated rings. The maximum Gasteiger partial charge on any atom is 0.120 e. The van der Waals surface area contributed by atoms with Crippen LogP contribution < -0.4 is 0 Å². The van der Waals surface area contributed by atoms with Crippen molar-refractivity contribution in [2.45, 2.75) is 52.4 Å². The molecule has 1 heteroatoms. The van der Waals surface area contributed by atoms with Gasteiger partial charge in [-0.3, -0.25) is 0 Å². The van der Waals surface area contributed by atoms with Gasteiger partial charge in [-0.25, -0.2) is 4.79 Å². The zero-order chi connectivity index (χ0) is 9.23. The van der Waals surface area contributed by atoms with E-state index in [-0.39, 0.29) is 0 Å². The molecule has 0 aromatic carbocycles. The highest BCUT2D eigenvalue weighted by molar-refractivity contribution is 5.44. The summed E-state index contributed by atoms with van der Waals surface area (Å²) in [6.07, 6.45) is 8.88. The van der Waals surface area contributed by atoms with Crippen LogP contribution in [0.1, 0.15) is 52.4 Å². The van der Waals surface area contributed by atoms with Gasteiger partial charge in [-0.1, -0.05) is 39.5 Å². The molecule has 0 N–H and O–H groups in total. The van der Waals surface area contributed by atoms with Gasteiger partial charge in [0.2, 0.25) is 0 Å². The molecule has 70 valence electrons. The number of carbonyl (C=O) groups excluding carboxylic acids is 1. The van der Waals surface area contributed by atoms with Crippen molar-refractivity contribution in [2.75, 3.05) is 0 Å². The highest BCUT2D eigenvalue weighted by atomic mass is 16.1. The molecule has 0 saturated carbocycles. The quantitative estimate of drug-likeness (QED) is 0.421. The molecule has 0 aliphatic rings. The molecule has 0 atom stereocenters. The largest absolute Gasteiger partial charge is 0.234 e. The minimum atomic E-state index is 0.833. The summed E-state index contributed by atoms with van der Waals surface area (Å²) in [6, 6.07) is 0. The lowest BCUT2D eigenvalue weighted by molar-refractivity contribution is 0.521. The van der Waals surface area contributed by atoms with Crippen molar-refractivity contribution in [3.8, 4) is 0 Å². The summed E-state index contributed by atoms with van der Waals surface area (Å²) < 4.78 is 0. The first kappa shape index (κ1) is 11.4. The molecule has 0 aromatic heterocycles. The van der Waals surface area contributed by atoms with E-state index in [1.807, 2.05) is 0 Å². The van der Waals surface area contributed by atoms with Crippen LogP contribution >= 0.6 is 0 Å². The molecule has 0 aliphatic heterocycles. The van der Waals surface area contributed by atoms with Gasteiger partial charge in [-0.2, -0.15) is 0 Å². The maximum atomic E-state index is 9.80. The van der Waals surface area contributed by atoms with Crippen LogP contribution in [0.3, 0.4) is 0 Å². The summed E-state index contributed by atoms with van der Waals surface area (Å²) in [5, 5.41) is 0. The van der Waals surface area contributed by atoms with Crippen molar-refractivity contribution in [1.29, 1.82) is 0 Å². The number of allylic oxidation sites excluding steroid dienone is 1. The molecule has 0 amide bonds. The Morgan fingerprint density at radius 1 is 1.17 bits per heavy atom. The van der Waals surface area contributed by atoms with E-state index in [4.69, 9.17) is 0 Å². The summed E-state index contributed by atoms with van der Waals surface area (Å²) in [5.74, 6) is 2.64. The minimum Gasteiger partial charge on any atom is -0.234 e. The smallest absolute Gasteiger partial charge is 0.120 e. The molecular formula is C11H20O. The Morgan fingerprint density at radius 2 is 1.83 bits per heavy atom. The summed E-state index contributed by atoms with van der Waals surface area (Å²) in [7, 11) is 0. The lowest BCUT2D eigenvalue weighted by Crippen LogP contribution is -1.86. The van der Waals surface area contributed by atoms with Crippen molar-refractivity contribution in [2.24, 2.45) is 5.92 Å². The average Bonchev–Trinajstić information content (AvgIpc) is 2.02. The number of hydrogen-bond donors (Lipinski definition) is 0. The van der Waals surface area contributed by atoms with Crippen LogP contribution in [0.4, 0.5) is 0 Å². The van der Waals surface area contributed by atoms with Crippen LogP contribution in [0.5, 0.6) is 0 Å². The van der Waals surface area contributed by atoms with E-state index in [2.05, 4.69) is 13.8 Å². The predicted octanol–water partition coefficient (Wildman–Crippen LogP) is 3.37. The fourth-order valence-electron chi connectivity index (χ4n) is 1.21. The molecular weight excluding hydrogens is 148 g/mol. The highest BCUT2D eigenvalue weighted by Crippen LogP contribution is 2.10. The van der Waals surface area contributed by atoms with Gasteiger partial charge in [0.1, 0.15) is 5.94 Å². The van der Waals surface area contributed by atoms with Crippen molar-refractivity contribution in [3.63, 3.8) is 0 Å². The first-order valence-corrected chi connectivity index (χ1v) is 4.96. The van der Waals surface area contributed by atoms with Gasteiger partial charge in [-0.05, 0) is 24.8 Å². The Labute approximate surface area is 75.9 Å². The molecule has 0 aliphatic carbocycles. The van der Waals surface area contributed by atoms with E-state index in [1.165, 1.54) is 25.7 Å². The third-order valence-electron chi connectivity index (χ3n) is 1.96. The minimum absolute atomic E-state index is 0.833. The zero-order valence-corrected chi connectivity index (χ0v) is 8.31. The Bertz CT molecular complexity index is 132. The van der Waals surface area contributed by atoms with Gasteiger partial charge in [0.15, 0.2) is 0 Å². The van der Waals surface area contributed by atoms with Gasteiger partial charge in [0.05, 0.1) is 0 Å². The van der Waals surface area contributed by atoms with Gasteiger partial charge < -0.3 is 0 Å². The Hall–Kier alpha value is -0.550. The molecule has 0 rings (SSSR count). The first-order valence-electron chi connectivity index (χ1n) is 4.96. The van der Waals surface area contributed by atoms with E-state index < -0.39 is 0 Å². The van der Waals surface area contributed by atoms with E-state index in [9.17, 15) is 4.79 Å². The van der Waals surface area contributed by atoms with Gasteiger partial charge in [0.25, 0.3) is 0 Å². The van der Waals surface area contributed by atoms with Crippen LogP contribution in [0.15, 0.2) is 6.08 Å². The maximum absolute atomic E-state index is 9.80. The molecule has 0 aromatic rings. The molecule has 12 heavy (non-hydrogen) atoms. The summed E-state index contributed by atoms with van der Waals surface area (Å²) in [6.45, 7) is 4.52.